The average molecular weight is 433 g/mol. The van der Waals surface area contributed by atoms with Gasteiger partial charge in [0.25, 0.3) is 0 Å². The number of quaternary nitrogens is 1. The second-order valence-corrected chi connectivity index (χ2v) is 7.21. The first-order valence-electron chi connectivity index (χ1n) is 10.2. The molecule has 1 unspecified atom stereocenters. The van der Waals surface area contributed by atoms with Crippen molar-refractivity contribution in [2.45, 2.75) is 19.6 Å². The molecule has 0 saturated carbocycles. The minimum Gasteiger partial charge on any atom is -0.493 e. The number of hydrogen-bond acceptors (Lipinski definition) is 6. The number of methoxy groups -OCH3 is 4. The molecule has 0 aliphatic carbocycles. The Morgan fingerprint density at radius 1 is 0.903 bits per heavy atom. The van der Waals surface area contributed by atoms with Crippen LogP contribution >= 0.6 is 0 Å². The van der Waals surface area contributed by atoms with Crippen LogP contribution in [-0.2, 0) is 6.54 Å². The highest BCUT2D eigenvalue weighted by atomic mass is 16.5. The lowest BCUT2D eigenvalue weighted by Gasteiger charge is -2.21. The molecule has 0 fully saturated rings. The smallest absolute Gasteiger partial charge is 0.203 e. The second kappa shape index (κ2) is 12.1. The minimum atomic E-state index is -0.647. The molecule has 0 amide bonds. The van der Waals surface area contributed by atoms with Crippen LogP contribution in [0.5, 0.6) is 28.7 Å². The van der Waals surface area contributed by atoms with Crippen LogP contribution in [0.4, 0.5) is 0 Å². The summed E-state index contributed by atoms with van der Waals surface area (Å²) in [6, 6.07) is 9.51. The number of aliphatic hydroxyl groups is 1. The van der Waals surface area contributed by atoms with Crippen molar-refractivity contribution >= 4 is 6.08 Å². The molecule has 0 aliphatic rings. The van der Waals surface area contributed by atoms with Gasteiger partial charge in [-0.15, -0.1) is 0 Å². The lowest BCUT2D eigenvalue weighted by molar-refractivity contribution is -0.897. The van der Waals surface area contributed by atoms with E-state index in [1.54, 1.807) is 28.4 Å². The summed E-state index contributed by atoms with van der Waals surface area (Å²) < 4.78 is 27.6. The van der Waals surface area contributed by atoms with E-state index in [1.165, 1.54) is 0 Å². The van der Waals surface area contributed by atoms with Crippen molar-refractivity contribution in [3.63, 3.8) is 0 Å². The summed E-state index contributed by atoms with van der Waals surface area (Å²) in [5.41, 5.74) is 1.99. The third-order valence-electron chi connectivity index (χ3n) is 4.84. The number of allylic oxidation sites excluding steroid dienone is 1. The van der Waals surface area contributed by atoms with Crippen LogP contribution in [0.2, 0.25) is 0 Å². The summed E-state index contributed by atoms with van der Waals surface area (Å²) in [6.45, 7) is 3.27. The van der Waals surface area contributed by atoms with Crippen LogP contribution < -0.4 is 28.6 Å². The van der Waals surface area contributed by atoms with Crippen molar-refractivity contribution in [2.75, 3.05) is 48.6 Å². The van der Waals surface area contributed by atoms with E-state index < -0.39 is 6.10 Å². The number of likely N-dealkylation sites (N-methyl/N-ethyl adjacent to an activating group) is 1. The van der Waals surface area contributed by atoms with Crippen molar-refractivity contribution < 1.29 is 33.7 Å². The van der Waals surface area contributed by atoms with Crippen LogP contribution in [0.15, 0.2) is 36.4 Å². The van der Waals surface area contributed by atoms with E-state index in [2.05, 4.69) is 0 Å². The highest BCUT2D eigenvalue weighted by molar-refractivity contribution is 5.56. The fourth-order valence-electron chi connectivity index (χ4n) is 3.45. The van der Waals surface area contributed by atoms with Gasteiger partial charge in [-0.2, -0.15) is 0 Å². The summed E-state index contributed by atoms with van der Waals surface area (Å²) in [5, 5.41) is 10.5. The largest absolute Gasteiger partial charge is 0.493 e. The lowest BCUT2D eigenvalue weighted by atomic mass is 10.1. The van der Waals surface area contributed by atoms with E-state index in [9.17, 15) is 5.11 Å². The van der Waals surface area contributed by atoms with Gasteiger partial charge in [0.2, 0.25) is 5.75 Å². The molecule has 2 atom stereocenters. The molecule has 0 radical (unpaired) electrons. The molecule has 2 rings (SSSR count). The van der Waals surface area contributed by atoms with Crippen molar-refractivity contribution in [3.05, 3.63) is 47.5 Å². The van der Waals surface area contributed by atoms with Gasteiger partial charge in [-0.05, 0) is 36.8 Å². The van der Waals surface area contributed by atoms with Crippen LogP contribution in [0.3, 0.4) is 0 Å². The standard InChI is InChI=1S/C24H33NO6/c1-7-8-17-9-11-20(22(13-17)28-4)31-16-19(26)15-25(2)14-18-10-12-21(27-3)24(30-6)23(18)29-5/h7-13,19,26H,14-16H2,1-6H3/p+1/b8-7+/t19-/m1/s1. The maximum atomic E-state index is 10.5. The monoisotopic (exact) mass is 432 g/mol. The Morgan fingerprint density at radius 3 is 2.19 bits per heavy atom. The zero-order valence-electron chi connectivity index (χ0n) is 19.2. The Hall–Kier alpha value is -2.90. The molecule has 0 bridgehead atoms. The molecule has 170 valence electrons. The van der Waals surface area contributed by atoms with Gasteiger partial charge in [0.1, 0.15) is 25.8 Å². The SMILES string of the molecule is C/C=C/c1ccc(OC[C@H](O)C[NH+](C)Cc2ccc(OC)c(OC)c2OC)c(OC)c1. The first-order valence-corrected chi connectivity index (χ1v) is 10.2. The van der Waals surface area contributed by atoms with Crippen molar-refractivity contribution in [1.29, 1.82) is 0 Å². The maximum absolute atomic E-state index is 10.5. The number of aliphatic hydroxyl groups excluding tert-OH is 1. The van der Waals surface area contributed by atoms with Gasteiger partial charge < -0.3 is 33.7 Å². The Kier molecular flexibility index (Phi) is 9.49. The average Bonchev–Trinajstić information content (AvgIpc) is 2.77. The highest BCUT2D eigenvalue weighted by Gasteiger charge is 2.20. The fraction of sp³-hybridized carbons (Fsp3) is 0.417. The van der Waals surface area contributed by atoms with Crippen molar-refractivity contribution in [1.82, 2.24) is 0 Å². The van der Waals surface area contributed by atoms with E-state index in [0.717, 1.165) is 16.0 Å². The molecule has 0 aliphatic heterocycles. The first kappa shape index (κ1) is 24.4. The summed E-state index contributed by atoms with van der Waals surface area (Å²) in [4.78, 5) is 1.09. The Labute approximate surface area is 184 Å². The molecule has 0 spiro atoms. The zero-order chi connectivity index (χ0) is 22.8. The summed E-state index contributed by atoms with van der Waals surface area (Å²) >= 11 is 0. The topological polar surface area (TPSA) is 70.8 Å². The van der Waals surface area contributed by atoms with Crippen molar-refractivity contribution in [2.24, 2.45) is 0 Å². The summed E-state index contributed by atoms with van der Waals surface area (Å²) in [6.07, 6.45) is 3.30. The third-order valence-corrected chi connectivity index (χ3v) is 4.84. The molecular weight excluding hydrogens is 398 g/mol. The minimum absolute atomic E-state index is 0.166. The maximum Gasteiger partial charge on any atom is 0.203 e. The van der Waals surface area contributed by atoms with E-state index in [4.69, 9.17) is 23.7 Å². The fourth-order valence-corrected chi connectivity index (χ4v) is 3.45. The van der Waals surface area contributed by atoms with Crippen LogP contribution in [-0.4, -0.2) is 59.8 Å². The Morgan fingerprint density at radius 2 is 1.58 bits per heavy atom. The summed E-state index contributed by atoms with van der Waals surface area (Å²) in [5.74, 6) is 3.06. The van der Waals surface area contributed by atoms with Crippen LogP contribution in [0, 0.1) is 0 Å². The molecule has 31 heavy (non-hydrogen) atoms. The quantitative estimate of drug-likeness (QED) is 0.536. The van der Waals surface area contributed by atoms with Gasteiger partial charge in [-0.3, -0.25) is 0 Å². The Balaban J connectivity index is 1.98. The molecule has 2 N–H and O–H groups in total. The van der Waals surface area contributed by atoms with Crippen LogP contribution in [0.25, 0.3) is 6.08 Å². The predicted octanol–water partition coefficient (Wildman–Crippen LogP) is 2.21. The number of benzene rings is 2. The van der Waals surface area contributed by atoms with E-state index in [-0.39, 0.29) is 6.61 Å². The molecule has 0 heterocycles. The molecular formula is C24H34NO6+. The predicted molar refractivity (Wildman–Crippen MR) is 121 cm³/mol. The van der Waals surface area contributed by atoms with E-state index in [0.29, 0.717) is 41.8 Å². The van der Waals surface area contributed by atoms with Gasteiger partial charge in [0, 0.05) is 0 Å². The van der Waals surface area contributed by atoms with Crippen molar-refractivity contribution in [3.8, 4) is 28.7 Å². The number of nitrogens with one attached hydrogen (secondary N) is 1. The van der Waals surface area contributed by atoms with Gasteiger partial charge in [-0.1, -0.05) is 18.2 Å². The van der Waals surface area contributed by atoms with E-state index in [1.807, 2.05) is 56.5 Å². The zero-order valence-corrected chi connectivity index (χ0v) is 19.2. The molecule has 0 saturated heterocycles. The summed E-state index contributed by atoms with van der Waals surface area (Å²) in [7, 11) is 8.39. The van der Waals surface area contributed by atoms with Crippen LogP contribution in [0.1, 0.15) is 18.1 Å². The van der Waals surface area contributed by atoms with Gasteiger partial charge >= 0.3 is 0 Å². The Bertz CT molecular complexity index is 867. The first-order chi connectivity index (χ1) is 15.0. The normalized spacial score (nSPS) is 13.0. The highest BCUT2D eigenvalue weighted by Crippen LogP contribution is 2.39. The molecule has 2 aromatic carbocycles. The molecule has 7 nitrogen and oxygen atoms in total. The lowest BCUT2D eigenvalue weighted by Crippen LogP contribution is -3.09. The third kappa shape index (κ3) is 6.54. The van der Waals surface area contributed by atoms with E-state index >= 15 is 0 Å². The van der Waals surface area contributed by atoms with Gasteiger partial charge in [0.15, 0.2) is 23.0 Å². The number of rotatable bonds is 12. The number of hydrogen-bond donors (Lipinski definition) is 2. The molecule has 7 heteroatoms. The molecule has 0 aromatic heterocycles. The van der Waals surface area contributed by atoms with Gasteiger partial charge in [-0.25, -0.2) is 0 Å². The van der Waals surface area contributed by atoms with Gasteiger partial charge in [0.05, 0.1) is 41.1 Å². The molecule has 2 aromatic rings. The number of ether oxygens (including phenoxy) is 5. The second-order valence-electron chi connectivity index (χ2n) is 7.21.